The zero-order valence-electron chi connectivity index (χ0n) is 12.5. The fraction of sp³-hybridized carbons (Fsp3) is 0.400. The molecule has 1 aromatic rings. The summed E-state index contributed by atoms with van der Waals surface area (Å²) in [6, 6.07) is 4.68. The number of rotatable bonds is 6. The first-order valence-electron chi connectivity index (χ1n) is 7.02. The standard InChI is InChI=1S/C15H16Cl2N2O4/c1-19(14(21)8-23-15(22)9-2-3-9)7-13(20)18-10-4-5-11(16)12(17)6-10/h4-6,9H,2-3,7-8H2,1H3,(H,18,20). The van der Waals surface area contributed by atoms with E-state index in [2.05, 4.69) is 5.32 Å². The molecule has 1 aromatic carbocycles. The van der Waals surface area contributed by atoms with E-state index >= 15 is 0 Å². The quantitative estimate of drug-likeness (QED) is 0.791. The van der Waals surface area contributed by atoms with Crippen LogP contribution in [0.5, 0.6) is 0 Å². The predicted molar refractivity (Wildman–Crippen MR) is 86.4 cm³/mol. The lowest BCUT2D eigenvalue weighted by Crippen LogP contribution is -2.37. The van der Waals surface area contributed by atoms with Crippen molar-refractivity contribution in [1.82, 2.24) is 4.90 Å². The highest BCUT2D eigenvalue weighted by atomic mass is 35.5. The van der Waals surface area contributed by atoms with E-state index in [9.17, 15) is 14.4 Å². The Hall–Kier alpha value is -1.79. The third-order valence-corrected chi connectivity index (χ3v) is 4.00. The molecule has 0 atom stereocenters. The van der Waals surface area contributed by atoms with Crippen LogP contribution < -0.4 is 5.32 Å². The lowest BCUT2D eigenvalue weighted by molar-refractivity contribution is -0.152. The first-order chi connectivity index (χ1) is 10.9. The molecule has 1 saturated carbocycles. The molecule has 2 rings (SSSR count). The van der Waals surface area contributed by atoms with E-state index in [0.29, 0.717) is 15.7 Å². The maximum atomic E-state index is 11.9. The number of ether oxygens (including phenoxy) is 1. The number of halogens is 2. The molecule has 0 saturated heterocycles. The van der Waals surface area contributed by atoms with Gasteiger partial charge >= 0.3 is 5.97 Å². The predicted octanol–water partition coefficient (Wildman–Crippen LogP) is 2.34. The number of anilines is 1. The van der Waals surface area contributed by atoms with Crippen LogP contribution in [0.4, 0.5) is 5.69 Å². The number of hydrogen-bond acceptors (Lipinski definition) is 4. The van der Waals surface area contributed by atoms with Gasteiger partial charge in [0.1, 0.15) is 0 Å². The van der Waals surface area contributed by atoms with Crippen LogP contribution in [0.25, 0.3) is 0 Å². The minimum Gasteiger partial charge on any atom is -0.455 e. The van der Waals surface area contributed by atoms with Gasteiger partial charge in [-0.2, -0.15) is 0 Å². The highest BCUT2D eigenvalue weighted by Gasteiger charge is 2.31. The van der Waals surface area contributed by atoms with Gasteiger partial charge in [-0.05, 0) is 31.0 Å². The van der Waals surface area contributed by atoms with Gasteiger partial charge in [0.05, 0.1) is 22.5 Å². The molecule has 1 fully saturated rings. The minimum absolute atomic E-state index is 0.0638. The summed E-state index contributed by atoms with van der Waals surface area (Å²) in [7, 11) is 1.46. The van der Waals surface area contributed by atoms with Gasteiger partial charge in [0, 0.05) is 12.7 Å². The van der Waals surface area contributed by atoms with E-state index in [4.69, 9.17) is 27.9 Å². The fourth-order valence-corrected chi connectivity index (χ4v) is 2.06. The Balaban J connectivity index is 1.77. The summed E-state index contributed by atoms with van der Waals surface area (Å²) >= 11 is 11.6. The molecular weight excluding hydrogens is 343 g/mol. The van der Waals surface area contributed by atoms with Gasteiger partial charge in [-0.15, -0.1) is 0 Å². The Labute approximate surface area is 143 Å². The average molecular weight is 359 g/mol. The molecule has 6 nitrogen and oxygen atoms in total. The highest BCUT2D eigenvalue weighted by Crippen LogP contribution is 2.30. The van der Waals surface area contributed by atoms with Gasteiger partial charge in [0.15, 0.2) is 6.61 Å². The van der Waals surface area contributed by atoms with Crippen LogP contribution in [0.15, 0.2) is 18.2 Å². The zero-order chi connectivity index (χ0) is 17.0. The number of likely N-dealkylation sites (N-methyl/N-ethyl adjacent to an activating group) is 1. The summed E-state index contributed by atoms with van der Waals surface area (Å²) in [6.07, 6.45) is 1.63. The Morgan fingerprint density at radius 2 is 1.96 bits per heavy atom. The zero-order valence-corrected chi connectivity index (χ0v) is 14.0. The highest BCUT2D eigenvalue weighted by molar-refractivity contribution is 6.42. The van der Waals surface area contributed by atoms with Crippen LogP contribution in [0.3, 0.4) is 0 Å². The Bertz CT molecular complexity index is 632. The van der Waals surface area contributed by atoms with E-state index < -0.39 is 11.8 Å². The molecule has 1 N–H and O–H groups in total. The van der Waals surface area contributed by atoms with E-state index in [1.165, 1.54) is 18.0 Å². The molecule has 0 aliphatic heterocycles. The van der Waals surface area contributed by atoms with Crippen LogP contribution in [0.1, 0.15) is 12.8 Å². The number of nitrogens with one attached hydrogen (secondary N) is 1. The Morgan fingerprint density at radius 1 is 1.26 bits per heavy atom. The number of hydrogen-bond donors (Lipinski definition) is 1. The molecule has 0 heterocycles. The van der Waals surface area contributed by atoms with Gasteiger partial charge in [0.25, 0.3) is 5.91 Å². The fourth-order valence-electron chi connectivity index (χ4n) is 1.76. The number of esters is 1. The van der Waals surface area contributed by atoms with Crippen molar-refractivity contribution in [3.8, 4) is 0 Å². The molecule has 0 bridgehead atoms. The number of carbonyl (C=O) groups excluding carboxylic acids is 3. The average Bonchev–Trinajstić information content (AvgIpc) is 3.32. The minimum atomic E-state index is -0.441. The molecule has 1 aliphatic carbocycles. The van der Waals surface area contributed by atoms with Gasteiger partial charge in [-0.1, -0.05) is 23.2 Å². The Morgan fingerprint density at radius 3 is 2.57 bits per heavy atom. The largest absolute Gasteiger partial charge is 0.455 e. The third kappa shape index (κ3) is 5.41. The lowest BCUT2D eigenvalue weighted by Gasteiger charge is -2.17. The van der Waals surface area contributed by atoms with Gasteiger partial charge in [-0.3, -0.25) is 14.4 Å². The second-order valence-electron chi connectivity index (χ2n) is 5.31. The number of benzene rings is 1. The normalized spacial score (nSPS) is 13.3. The summed E-state index contributed by atoms with van der Waals surface area (Å²) in [5.41, 5.74) is 0.477. The number of carbonyl (C=O) groups is 3. The topological polar surface area (TPSA) is 75.7 Å². The second kappa shape index (κ2) is 7.66. The van der Waals surface area contributed by atoms with Crippen molar-refractivity contribution in [2.45, 2.75) is 12.8 Å². The smallest absolute Gasteiger partial charge is 0.309 e. The maximum absolute atomic E-state index is 11.9. The number of amides is 2. The van der Waals surface area contributed by atoms with E-state index in [1.54, 1.807) is 12.1 Å². The first kappa shape index (κ1) is 17.6. The lowest BCUT2D eigenvalue weighted by atomic mass is 10.3. The van der Waals surface area contributed by atoms with Gasteiger partial charge in [-0.25, -0.2) is 0 Å². The molecule has 2 amide bonds. The van der Waals surface area contributed by atoms with Crippen molar-refractivity contribution in [3.05, 3.63) is 28.2 Å². The summed E-state index contributed by atoms with van der Waals surface area (Å²) in [5, 5.41) is 3.31. The molecule has 0 unspecified atom stereocenters. The Kier molecular flexibility index (Phi) is 5.85. The number of nitrogens with zero attached hydrogens (tertiary/aromatic N) is 1. The molecule has 0 radical (unpaired) electrons. The first-order valence-corrected chi connectivity index (χ1v) is 7.78. The van der Waals surface area contributed by atoms with Crippen molar-refractivity contribution in [2.75, 3.05) is 25.5 Å². The third-order valence-electron chi connectivity index (χ3n) is 3.26. The molecule has 0 spiro atoms. The van der Waals surface area contributed by atoms with Crippen LogP contribution in [0, 0.1) is 5.92 Å². The molecule has 23 heavy (non-hydrogen) atoms. The van der Waals surface area contributed by atoms with Crippen LogP contribution in [-0.2, 0) is 19.1 Å². The molecule has 1 aliphatic rings. The monoisotopic (exact) mass is 358 g/mol. The van der Waals surface area contributed by atoms with Gasteiger partial charge in [0.2, 0.25) is 5.91 Å². The van der Waals surface area contributed by atoms with Crippen molar-refractivity contribution in [2.24, 2.45) is 5.92 Å². The molecule has 8 heteroatoms. The van der Waals surface area contributed by atoms with Crippen molar-refractivity contribution < 1.29 is 19.1 Å². The van der Waals surface area contributed by atoms with Crippen molar-refractivity contribution in [1.29, 1.82) is 0 Å². The summed E-state index contributed by atoms with van der Waals surface area (Å²) in [4.78, 5) is 36.2. The maximum Gasteiger partial charge on any atom is 0.309 e. The summed E-state index contributed by atoms with van der Waals surface area (Å²) < 4.78 is 4.88. The van der Waals surface area contributed by atoms with Crippen LogP contribution >= 0.6 is 23.2 Å². The van der Waals surface area contributed by atoms with Crippen LogP contribution in [-0.4, -0.2) is 42.9 Å². The van der Waals surface area contributed by atoms with Crippen molar-refractivity contribution >= 4 is 46.7 Å². The van der Waals surface area contributed by atoms with Crippen molar-refractivity contribution in [3.63, 3.8) is 0 Å². The van der Waals surface area contributed by atoms with Crippen LogP contribution in [0.2, 0.25) is 10.0 Å². The second-order valence-corrected chi connectivity index (χ2v) is 6.12. The molecule has 0 aromatic heterocycles. The van der Waals surface area contributed by atoms with E-state index in [-0.39, 0.29) is 25.0 Å². The van der Waals surface area contributed by atoms with E-state index in [1.807, 2.05) is 0 Å². The SMILES string of the molecule is CN(CC(=O)Nc1ccc(Cl)c(Cl)c1)C(=O)COC(=O)C1CC1. The van der Waals surface area contributed by atoms with Gasteiger partial charge < -0.3 is 15.0 Å². The molecular formula is C15H16Cl2N2O4. The van der Waals surface area contributed by atoms with E-state index in [0.717, 1.165) is 12.8 Å². The summed E-state index contributed by atoms with van der Waals surface area (Å²) in [6.45, 7) is -0.522. The molecule has 124 valence electrons. The summed E-state index contributed by atoms with van der Waals surface area (Å²) in [5.74, 6) is -1.26.